The van der Waals surface area contributed by atoms with Gasteiger partial charge in [0.05, 0.1) is 12.7 Å². The summed E-state index contributed by atoms with van der Waals surface area (Å²) in [7, 11) is 0. The summed E-state index contributed by atoms with van der Waals surface area (Å²) >= 11 is 0. The third-order valence-electron chi connectivity index (χ3n) is 3.61. The van der Waals surface area contributed by atoms with Crippen molar-refractivity contribution in [2.45, 2.75) is 36.9 Å². The van der Waals surface area contributed by atoms with Crippen LogP contribution in [0.4, 0.5) is 0 Å². The Bertz CT molecular complexity index is 536. The third kappa shape index (κ3) is 2.73. The van der Waals surface area contributed by atoms with Gasteiger partial charge in [0, 0.05) is 10.5 Å². The number of azide groups is 1. The molecule has 0 amide bonds. The molecule has 6 atom stereocenters. The number of hydrogen-bond acceptors (Lipinski definition) is 6. The highest BCUT2D eigenvalue weighted by Crippen LogP contribution is 2.34. The Balaban J connectivity index is 1.78. The van der Waals surface area contributed by atoms with Crippen LogP contribution in [0.2, 0.25) is 0 Å². The summed E-state index contributed by atoms with van der Waals surface area (Å²) in [6.45, 7) is 0.168. The molecule has 8 heteroatoms. The van der Waals surface area contributed by atoms with E-state index >= 15 is 0 Å². The smallest absolute Gasteiger partial charge is 0.184 e. The molecule has 8 nitrogen and oxygen atoms in total. The van der Waals surface area contributed by atoms with E-state index in [2.05, 4.69) is 10.0 Å². The number of nitrogens with zero attached hydrogens (tertiary/aromatic N) is 3. The predicted molar refractivity (Wildman–Crippen MR) is 69.8 cm³/mol. The van der Waals surface area contributed by atoms with Gasteiger partial charge in [-0.05, 0) is 5.53 Å². The zero-order chi connectivity index (χ0) is 14.8. The Hall–Kier alpha value is -1.67. The lowest BCUT2D eigenvalue weighted by Gasteiger charge is -2.45. The van der Waals surface area contributed by atoms with E-state index in [0.29, 0.717) is 0 Å². The van der Waals surface area contributed by atoms with E-state index in [1.807, 2.05) is 30.3 Å². The summed E-state index contributed by atoms with van der Waals surface area (Å²) < 4.78 is 16.6. The van der Waals surface area contributed by atoms with Crippen molar-refractivity contribution >= 4 is 0 Å². The molecule has 0 aliphatic carbocycles. The van der Waals surface area contributed by atoms with Gasteiger partial charge in [0.1, 0.15) is 18.2 Å². The number of hydrogen-bond donors (Lipinski definition) is 2. The molecule has 1 aromatic rings. The van der Waals surface area contributed by atoms with E-state index in [1.165, 1.54) is 0 Å². The second-order valence-corrected chi connectivity index (χ2v) is 4.93. The van der Waals surface area contributed by atoms with Crippen molar-refractivity contribution in [2.24, 2.45) is 5.11 Å². The van der Waals surface area contributed by atoms with Crippen molar-refractivity contribution in [2.75, 3.05) is 6.61 Å². The van der Waals surface area contributed by atoms with Crippen LogP contribution in [0.5, 0.6) is 0 Å². The van der Waals surface area contributed by atoms with E-state index in [1.54, 1.807) is 0 Å². The van der Waals surface area contributed by atoms with Crippen LogP contribution in [-0.2, 0) is 14.2 Å². The second kappa shape index (κ2) is 5.98. The number of ether oxygens (including phenoxy) is 3. The van der Waals surface area contributed by atoms with Crippen molar-refractivity contribution in [3.8, 4) is 0 Å². The molecule has 1 aromatic carbocycles. The maximum atomic E-state index is 10.2. The molecule has 3 rings (SSSR count). The van der Waals surface area contributed by atoms with Gasteiger partial charge in [0.2, 0.25) is 0 Å². The molecular formula is C13H15N3O5. The normalized spacial score (nSPS) is 39.1. The summed E-state index contributed by atoms with van der Waals surface area (Å²) in [6, 6.07) is 8.18. The van der Waals surface area contributed by atoms with Gasteiger partial charge in [-0.3, -0.25) is 0 Å². The molecule has 2 heterocycles. The van der Waals surface area contributed by atoms with E-state index in [4.69, 9.17) is 19.7 Å². The minimum atomic E-state index is -1.38. The molecule has 0 saturated carbocycles. The van der Waals surface area contributed by atoms with Crippen molar-refractivity contribution in [1.82, 2.24) is 0 Å². The largest absolute Gasteiger partial charge is 0.390 e. The maximum absolute atomic E-state index is 10.2. The van der Waals surface area contributed by atoms with Crippen LogP contribution in [-0.4, -0.2) is 47.5 Å². The Morgan fingerprint density at radius 3 is 2.67 bits per heavy atom. The first-order chi connectivity index (χ1) is 10.2. The van der Waals surface area contributed by atoms with Crippen molar-refractivity contribution < 1.29 is 24.4 Å². The monoisotopic (exact) mass is 293 g/mol. The van der Waals surface area contributed by atoms with Crippen LogP contribution in [0.3, 0.4) is 0 Å². The number of fused-ring (bicyclic) bond motifs is 1. The van der Waals surface area contributed by atoms with Gasteiger partial charge in [-0.25, -0.2) is 0 Å². The minimum absolute atomic E-state index is 0.168. The van der Waals surface area contributed by atoms with E-state index in [0.717, 1.165) is 5.56 Å². The molecule has 1 unspecified atom stereocenters. The summed E-state index contributed by atoms with van der Waals surface area (Å²) in [6.07, 6.45) is -4.52. The molecule has 112 valence electrons. The van der Waals surface area contributed by atoms with Crippen LogP contribution >= 0.6 is 0 Å². The van der Waals surface area contributed by atoms with E-state index in [-0.39, 0.29) is 6.61 Å². The molecule has 0 radical (unpaired) electrons. The highest BCUT2D eigenvalue weighted by Gasteiger charge is 2.48. The molecule has 0 bridgehead atoms. The molecule has 0 aromatic heterocycles. The van der Waals surface area contributed by atoms with Gasteiger partial charge in [0.25, 0.3) is 0 Å². The molecule has 2 aliphatic rings. The Morgan fingerprint density at radius 1 is 1.19 bits per heavy atom. The molecule has 2 aliphatic heterocycles. The summed E-state index contributed by atoms with van der Waals surface area (Å²) in [5.74, 6) is 0. The first-order valence-corrected chi connectivity index (χ1v) is 6.58. The highest BCUT2D eigenvalue weighted by molar-refractivity contribution is 5.16. The molecule has 2 saturated heterocycles. The van der Waals surface area contributed by atoms with Gasteiger partial charge in [-0.1, -0.05) is 35.4 Å². The van der Waals surface area contributed by atoms with Crippen LogP contribution in [0.25, 0.3) is 10.4 Å². The van der Waals surface area contributed by atoms with E-state index in [9.17, 15) is 10.2 Å². The lowest BCUT2D eigenvalue weighted by Crippen LogP contribution is -2.61. The van der Waals surface area contributed by atoms with Crippen LogP contribution in [0.15, 0.2) is 35.4 Å². The van der Waals surface area contributed by atoms with Crippen molar-refractivity contribution in [3.63, 3.8) is 0 Å². The molecule has 2 fully saturated rings. The summed E-state index contributed by atoms with van der Waals surface area (Å²) in [5, 5.41) is 23.3. The number of rotatable bonds is 2. The predicted octanol–water partition coefficient (Wildman–Crippen LogP) is 0.858. The molecule has 2 N–H and O–H groups in total. The first kappa shape index (κ1) is 14.3. The number of aliphatic hydroxyl groups is 2. The SMILES string of the molecule is [N-]=[N+]=N[C@@H]1[C@@H](O)[C@H]2OC(c3ccccc3)OC[C@H]2O[C@H]1O. The van der Waals surface area contributed by atoms with Crippen molar-refractivity contribution in [1.29, 1.82) is 0 Å². The van der Waals surface area contributed by atoms with Crippen LogP contribution < -0.4 is 0 Å². The van der Waals surface area contributed by atoms with Crippen LogP contribution in [0, 0.1) is 0 Å². The third-order valence-corrected chi connectivity index (χ3v) is 3.61. The second-order valence-electron chi connectivity index (χ2n) is 4.93. The van der Waals surface area contributed by atoms with Gasteiger partial charge in [0.15, 0.2) is 12.6 Å². The maximum Gasteiger partial charge on any atom is 0.184 e. The minimum Gasteiger partial charge on any atom is -0.390 e. The van der Waals surface area contributed by atoms with Crippen molar-refractivity contribution in [3.05, 3.63) is 46.3 Å². The summed E-state index contributed by atoms with van der Waals surface area (Å²) in [5.41, 5.74) is 9.31. The standard InChI is InChI=1S/C13H15N3O5/c14-16-15-9-10(17)11-8(20-12(9)18)6-19-13(21-11)7-4-2-1-3-5-7/h1-5,8-13,17-18H,6H2/t8-,9-,10-,11+,12-,13?/m1/s1. The Labute approximate surface area is 120 Å². The lowest BCUT2D eigenvalue weighted by atomic mass is 9.96. The fourth-order valence-corrected chi connectivity index (χ4v) is 2.56. The zero-order valence-electron chi connectivity index (χ0n) is 11.0. The number of aliphatic hydroxyl groups excluding tert-OH is 2. The fraction of sp³-hybridized carbons (Fsp3) is 0.538. The average molecular weight is 293 g/mol. The highest BCUT2D eigenvalue weighted by atomic mass is 16.7. The lowest BCUT2D eigenvalue weighted by molar-refractivity contribution is -0.335. The first-order valence-electron chi connectivity index (χ1n) is 6.58. The average Bonchev–Trinajstić information content (AvgIpc) is 2.52. The zero-order valence-corrected chi connectivity index (χ0v) is 11.0. The van der Waals surface area contributed by atoms with Gasteiger partial charge in [-0.2, -0.15) is 0 Å². The van der Waals surface area contributed by atoms with E-state index < -0.39 is 36.9 Å². The topological polar surface area (TPSA) is 117 Å². The Morgan fingerprint density at radius 2 is 1.95 bits per heavy atom. The quantitative estimate of drug-likeness (QED) is 0.476. The van der Waals surface area contributed by atoms with Gasteiger partial charge >= 0.3 is 0 Å². The summed E-state index contributed by atoms with van der Waals surface area (Å²) in [4.78, 5) is 2.61. The Kier molecular flexibility index (Phi) is 4.07. The fourth-order valence-electron chi connectivity index (χ4n) is 2.56. The molecule has 0 spiro atoms. The molecule has 21 heavy (non-hydrogen) atoms. The van der Waals surface area contributed by atoms with Crippen LogP contribution in [0.1, 0.15) is 11.9 Å². The van der Waals surface area contributed by atoms with Gasteiger partial charge < -0.3 is 24.4 Å². The number of benzene rings is 1. The molecular weight excluding hydrogens is 278 g/mol. The van der Waals surface area contributed by atoms with Gasteiger partial charge in [-0.15, -0.1) is 0 Å².